The molecule has 0 spiro atoms. The minimum absolute atomic E-state index is 0.198. The number of benzene rings is 2. The second kappa shape index (κ2) is 7.51. The fourth-order valence-corrected chi connectivity index (χ4v) is 3.94. The van der Waals surface area contributed by atoms with Gasteiger partial charge in [0.25, 0.3) is 0 Å². The van der Waals surface area contributed by atoms with Crippen molar-refractivity contribution in [2.24, 2.45) is 0 Å². The van der Waals surface area contributed by atoms with Gasteiger partial charge in [-0.05, 0) is 48.9 Å². The summed E-state index contributed by atoms with van der Waals surface area (Å²) in [5.41, 5.74) is 9.63. The highest BCUT2D eigenvalue weighted by Crippen LogP contribution is 2.35. The Bertz CT molecular complexity index is 1190. The van der Waals surface area contributed by atoms with E-state index >= 15 is 0 Å². The number of likely N-dealkylation sites (tertiary alicyclic amines) is 1. The first-order chi connectivity index (χ1) is 14.7. The van der Waals surface area contributed by atoms with Gasteiger partial charge in [-0.3, -0.25) is 14.9 Å². The van der Waals surface area contributed by atoms with Crippen LogP contribution < -0.4 is 10.5 Å². The number of carbonyl (C=O) groups excluding carboxylic acids is 1. The Balaban J connectivity index is 1.51. The molecule has 0 aliphatic carbocycles. The molecule has 3 N–H and O–H groups in total. The van der Waals surface area contributed by atoms with E-state index in [2.05, 4.69) is 10.2 Å². The van der Waals surface area contributed by atoms with E-state index in [0.29, 0.717) is 12.4 Å². The number of nitrogens with one attached hydrogen (secondary N) is 1. The van der Waals surface area contributed by atoms with Gasteiger partial charge in [0, 0.05) is 30.3 Å². The van der Waals surface area contributed by atoms with Crippen molar-refractivity contribution >= 4 is 23.1 Å². The molecule has 7 heteroatoms. The van der Waals surface area contributed by atoms with Crippen LogP contribution in [0, 0.1) is 0 Å². The van der Waals surface area contributed by atoms with Gasteiger partial charge in [0.05, 0.1) is 16.6 Å². The lowest BCUT2D eigenvalue weighted by atomic mass is 10.0. The van der Waals surface area contributed by atoms with Crippen LogP contribution >= 0.6 is 0 Å². The zero-order chi connectivity index (χ0) is 20.5. The molecule has 2 aromatic heterocycles. The number of hydrogen-bond acceptors (Lipinski definition) is 5. The quantitative estimate of drug-likeness (QED) is 0.495. The van der Waals surface area contributed by atoms with Gasteiger partial charge < -0.3 is 15.4 Å². The molecule has 150 valence electrons. The lowest BCUT2D eigenvalue weighted by molar-refractivity contribution is -0.117. The van der Waals surface area contributed by atoms with Gasteiger partial charge in [0.15, 0.2) is 5.82 Å². The first-order valence-corrected chi connectivity index (χ1v) is 9.88. The molecule has 0 radical (unpaired) electrons. The number of anilines is 1. The number of rotatable bonds is 5. The average molecular weight is 399 g/mol. The lowest BCUT2D eigenvalue weighted by Crippen LogP contribution is -2.17. The number of ether oxygens (including phenoxy) is 1. The van der Waals surface area contributed by atoms with Crippen molar-refractivity contribution in [1.29, 1.82) is 0 Å². The molecule has 1 fully saturated rings. The number of pyridine rings is 1. The second-order valence-corrected chi connectivity index (χ2v) is 7.45. The number of aromatic nitrogens is 3. The maximum absolute atomic E-state index is 11.1. The van der Waals surface area contributed by atoms with Crippen LogP contribution in [0.15, 0.2) is 60.7 Å². The van der Waals surface area contributed by atoms with Gasteiger partial charge in [-0.1, -0.05) is 18.2 Å². The van der Waals surface area contributed by atoms with Gasteiger partial charge >= 0.3 is 0 Å². The Kier molecular flexibility index (Phi) is 4.55. The third-order valence-electron chi connectivity index (χ3n) is 5.49. The van der Waals surface area contributed by atoms with Crippen LogP contribution in [0.1, 0.15) is 18.0 Å². The van der Waals surface area contributed by atoms with Crippen LogP contribution in [0.3, 0.4) is 0 Å². The largest absolute Gasteiger partial charge is 0.457 e. The molecule has 1 aliphatic rings. The minimum Gasteiger partial charge on any atom is -0.457 e. The molecule has 4 aromatic rings. The highest BCUT2D eigenvalue weighted by atomic mass is 16.5. The van der Waals surface area contributed by atoms with E-state index in [9.17, 15) is 4.79 Å². The molecule has 5 rings (SSSR count). The number of nitrogen functional groups attached to an aromatic ring is 1. The number of H-pyrrole nitrogens is 1. The Labute approximate surface area is 173 Å². The van der Waals surface area contributed by atoms with Gasteiger partial charge in [-0.2, -0.15) is 5.10 Å². The molecule has 1 saturated heterocycles. The first-order valence-electron chi connectivity index (χ1n) is 9.88. The Morgan fingerprint density at radius 3 is 2.60 bits per heavy atom. The normalized spacial score (nSPS) is 16.1. The first kappa shape index (κ1) is 18.2. The van der Waals surface area contributed by atoms with E-state index in [1.807, 2.05) is 60.7 Å². The summed E-state index contributed by atoms with van der Waals surface area (Å²) in [6, 6.07) is 19.4. The van der Waals surface area contributed by atoms with E-state index < -0.39 is 0 Å². The zero-order valence-electron chi connectivity index (χ0n) is 16.3. The monoisotopic (exact) mass is 399 g/mol. The van der Waals surface area contributed by atoms with Crippen LogP contribution in [-0.2, 0) is 4.79 Å². The van der Waals surface area contributed by atoms with E-state index in [0.717, 1.165) is 58.7 Å². The summed E-state index contributed by atoms with van der Waals surface area (Å²) in [7, 11) is 0. The third kappa shape index (κ3) is 3.34. The van der Waals surface area contributed by atoms with E-state index in [1.54, 1.807) is 4.90 Å². The third-order valence-corrected chi connectivity index (χ3v) is 5.49. The number of aromatic amines is 1. The minimum atomic E-state index is 0.198. The van der Waals surface area contributed by atoms with Crippen molar-refractivity contribution in [2.45, 2.75) is 12.3 Å². The van der Waals surface area contributed by atoms with Crippen molar-refractivity contribution in [3.8, 4) is 22.8 Å². The second-order valence-electron chi connectivity index (χ2n) is 7.45. The Morgan fingerprint density at radius 1 is 1.10 bits per heavy atom. The zero-order valence-corrected chi connectivity index (χ0v) is 16.3. The maximum atomic E-state index is 11.1. The molecule has 0 saturated carbocycles. The van der Waals surface area contributed by atoms with Crippen LogP contribution in [0.25, 0.3) is 22.2 Å². The molecule has 3 heterocycles. The van der Waals surface area contributed by atoms with Crippen molar-refractivity contribution in [1.82, 2.24) is 20.1 Å². The molecule has 7 nitrogen and oxygen atoms in total. The summed E-state index contributed by atoms with van der Waals surface area (Å²) in [5, 5.41) is 7.99. The van der Waals surface area contributed by atoms with E-state index in [-0.39, 0.29) is 5.92 Å². The Hall–Kier alpha value is -3.87. The Morgan fingerprint density at radius 2 is 1.87 bits per heavy atom. The summed E-state index contributed by atoms with van der Waals surface area (Å²) in [6.07, 6.45) is 1.79. The van der Waals surface area contributed by atoms with E-state index in [1.165, 1.54) is 0 Å². The standard InChI is InChI=1S/C23H21N5O2/c24-23-21-20(26-27-23)12-19(16-10-11-28(13-16)14-29)25-22(21)15-6-8-18(9-7-15)30-17-4-2-1-3-5-17/h1-9,12,14,16H,10-11,13H2,(H3,24,26,27). The highest BCUT2D eigenvalue weighted by molar-refractivity contribution is 6.00. The predicted octanol–water partition coefficient (Wildman–Crippen LogP) is 3.95. The van der Waals surface area contributed by atoms with Crippen molar-refractivity contribution < 1.29 is 9.53 Å². The number of amides is 1. The molecule has 1 unspecified atom stereocenters. The predicted molar refractivity (Wildman–Crippen MR) is 115 cm³/mol. The van der Waals surface area contributed by atoms with Crippen molar-refractivity contribution in [2.75, 3.05) is 18.8 Å². The number of para-hydroxylation sites is 1. The number of carbonyl (C=O) groups is 1. The summed E-state index contributed by atoms with van der Waals surface area (Å²) in [6.45, 7) is 1.43. The fourth-order valence-electron chi connectivity index (χ4n) is 3.94. The van der Waals surface area contributed by atoms with Gasteiger partial charge in [-0.15, -0.1) is 0 Å². The summed E-state index contributed by atoms with van der Waals surface area (Å²) >= 11 is 0. The molecule has 1 aliphatic heterocycles. The number of nitrogens with zero attached hydrogens (tertiary/aromatic N) is 3. The molecule has 0 bridgehead atoms. The SMILES string of the molecule is Nc1n[nH]c2cc(C3CCN(C=O)C3)nc(-c3ccc(Oc4ccccc4)cc3)c12. The van der Waals surface area contributed by atoms with Crippen LogP contribution in [0.4, 0.5) is 5.82 Å². The lowest BCUT2D eigenvalue weighted by Gasteiger charge is -2.13. The molecule has 2 aromatic carbocycles. The summed E-state index contributed by atoms with van der Waals surface area (Å²) in [5.74, 6) is 2.15. The van der Waals surface area contributed by atoms with Crippen LogP contribution in [-0.4, -0.2) is 39.6 Å². The van der Waals surface area contributed by atoms with Crippen molar-refractivity contribution in [3.05, 3.63) is 66.4 Å². The van der Waals surface area contributed by atoms with Gasteiger partial charge in [0.2, 0.25) is 6.41 Å². The average Bonchev–Trinajstić information content (AvgIpc) is 3.41. The number of fused-ring (bicyclic) bond motifs is 1. The van der Waals surface area contributed by atoms with E-state index in [4.69, 9.17) is 15.5 Å². The van der Waals surface area contributed by atoms with Crippen LogP contribution in [0.5, 0.6) is 11.5 Å². The molecular formula is C23H21N5O2. The summed E-state index contributed by atoms with van der Waals surface area (Å²) in [4.78, 5) is 17.8. The van der Waals surface area contributed by atoms with Crippen LogP contribution in [0.2, 0.25) is 0 Å². The van der Waals surface area contributed by atoms with Crippen molar-refractivity contribution in [3.63, 3.8) is 0 Å². The molecule has 1 amide bonds. The fraction of sp³-hybridized carbons (Fsp3) is 0.174. The van der Waals surface area contributed by atoms with Gasteiger partial charge in [0.1, 0.15) is 11.5 Å². The highest BCUT2D eigenvalue weighted by Gasteiger charge is 2.26. The number of nitrogens with two attached hydrogens (primary N) is 1. The molecular weight excluding hydrogens is 378 g/mol. The van der Waals surface area contributed by atoms with Gasteiger partial charge in [-0.25, -0.2) is 0 Å². The molecule has 1 atom stereocenters. The maximum Gasteiger partial charge on any atom is 0.209 e. The number of hydrogen-bond donors (Lipinski definition) is 2. The smallest absolute Gasteiger partial charge is 0.209 e. The topological polar surface area (TPSA) is 97.1 Å². The molecule has 30 heavy (non-hydrogen) atoms. The summed E-state index contributed by atoms with van der Waals surface area (Å²) < 4.78 is 5.89.